The SMILES string of the molecule is NC1CCc2cc(C(=O)Nc3ccc(Cl)cc3)ccc2C1.NC1CCc2cc(C(=O)Nc3ccc(F)cc3)ccc2C1. The topological polar surface area (TPSA) is 110 Å². The minimum Gasteiger partial charge on any atom is -0.327 e. The highest BCUT2D eigenvalue weighted by Gasteiger charge is 2.18. The summed E-state index contributed by atoms with van der Waals surface area (Å²) in [6.07, 6.45) is 5.56. The molecule has 0 bridgehead atoms. The summed E-state index contributed by atoms with van der Waals surface area (Å²) in [7, 11) is 0. The van der Waals surface area contributed by atoms with Crippen LogP contribution in [-0.2, 0) is 25.7 Å². The molecule has 2 unspecified atom stereocenters. The van der Waals surface area contributed by atoms with Crippen LogP contribution < -0.4 is 22.1 Å². The molecule has 6 rings (SSSR count). The molecule has 216 valence electrons. The van der Waals surface area contributed by atoms with E-state index >= 15 is 0 Å². The van der Waals surface area contributed by atoms with Gasteiger partial charge in [-0.3, -0.25) is 9.59 Å². The first-order valence-corrected chi connectivity index (χ1v) is 14.5. The van der Waals surface area contributed by atoms with Gasteiger partial charge in [-0.05, 0) is 134 Å². The van der Waals surface area contributed by atoms with Crippen molar-refractivity contribution < 1.29 is 14.0 Å². The smallest absolute Gasteiger partial charge is 0.255 e. The van der Waals surface area contributed by atoms with Crippen LogP contribution in [0.25, 0.3) is 0 Å². The van der Waals surface area contributed by atoms with E-state index in [-0.39, 0.29) is 29.7 Å². The van der Waals surface area contributed by atoms with Crippen LogP contribution in [0.5, 0.6) is 0 Å². The maximum Gasteiger partial charge on any atom is 0.255 e. The monoisotopic (exact) mass is 584 g/mol. The molecule has 0 saturated carbocycles. The summed E-state index contributed by atoms with van der Waals surface area (Å²) in [5.74, 6) is -0.604. The Bertz CT molecular complexity index is 1450. The molecule has 0 aliphatic heterocycles. The Labute approximate surface area is 250 Å². The fourth-order valence-electron chi connectivity index (χ4n) is 5.32. The van der Waals surface area contributed by atoms with Crippen molar-refractivity contribution in [1.82, 2.24) is 0 Å². The highest BCUT2D eigenvalue weighted by molar-refractivity contribution is 6.30. The van der Waals surface area contributed by atoms with Gasteiger partial charge in [0.2, 0.25) is 0 Å². The Morgan fingerprint density at radius 1 is 0.643 bits per heavy atom. The summed E-state index contributed by atoms with van der Waals surface area (Å²) < 4.78 is 12.8. The van der Waals surface area contributed by atoms with Crippen molar-refractivity contribution in [2.45, 2.75) is 50.6 Å². The highest BCUT2D eigenvalue weighted by Crippen LogP contribution is 2.24. The maximum atomic E-state index is 12.8. The Balaban J connectivity index is 0.000000168. The number of halogens is 2. The van der Waals surface area contributed by atoms with Crippen LogP contribution in [0.1, 0.15) is 55.8 Å². The zero-order valence-corrected chi connectivity index (χ0v) is 24.0. The van der Waals surface area contributed by atoms with Gasteiger partial charge < -0.3 is 22.1 Å². The zero-order chi connectivity index (χ0) is 29.6. The van der Waals surface area contributed by atoms with E-state index in [1.165, 1.54) is 34.4 Å². The van der Waals surface area contributed by atoms with Crippen LogP contribution in [0.15, 0.2) is 84.9 Å². The average molecular weight is 585 g/mol. The third kappa shape index (κ3) is 7.62. The van der Waals surface area contributed by atoms with Crippen molar-refractivity contribution in [3.05, 3.63) is 129 Å². The molecule has 6 nitrogen and oxygen atoms in total. The number of aryl methyl sites for hydroxylation is 2. The number of nitrogens with two attached hydrogens (primary N) is 2. The third-order valence-corrected chi connectivity index (χ3v) is 7.93. The molecular formula is C34H34ClFN4O2. The van der Waals surface area contributed by atoms with Crippen molar-refractivity contribution in [3.63, 3.8) is 0 Å². The van der Waals surface area contributed by atoms with Crippen LogP contribution in [-0.4, -0.2) is 23.9 Å². The third-order valence-electron chi connectivity index (χ3n) is 7.67. The van der Waals surface area contributed by atoms with Crippen molar-refractivity contribution in [1.29, 1.82) is 0 Å². The Hall–Kier alpha value is -4.04. The van der Waals surface area contributed by atoms with Gasteiger partial charge in [0.05, 0.1) is 0 Å². The molecule has 4 aromatic rings. The number of amides is 2. The number of hydrogen-bond donors (Lipinski definition) is 4. The van der Waals surface area contributed by atoms with Crippen LogP contribution in [0.3, 0.4) is 0 Å². The number of nitrogens with one attached hydrogen (secondary N) is 2. The van der Waals surface area contributed by atoms with Crippen molar-refractivity contribution in [3.8, 4) is 0 Å². The average Bonchev–Trinajstić information content (AvgIpc) is 2.99. The van der Waals surface area contributed by atoms with E-state index in [0.717, 1.165) is 44.2 Å². The summed E-state index contributed by atoms with van der Waals surface area (Å²) in [6, 6.07) is 24.9. The molecule has 8 heteroatoms. The lowest BCUT2D eigenvalue weighted by molar-refractivity contribution is 0.101. The van der Waals surface area contributed by atoms with E-state index in [1.54, 1.807) is 36.4 Å². The van der Waals surface area contributed by atoms with Gasteiger partial charge in [-0.25, -0.2) is 4.39 Å². The number of anilines is 2. The minimum atomic E-state index is -0.321. The quantitative estimate of drug-likeness (QED) is 0.225. The van der Waals surface area contributed by atoms with Gasteiger partial charge in [-0.15, -0.1) is 0 Å². The fourth-order valence-corrected chi connectivity index (χ4v) is 5.45. The molecule has 6 N–H and O–H groups in total. The molecule has 2 amide bonds. The fraction of sp³-hybridized carbons (Fsp3) is 0.235. The van der Waals surface area contributed by atoms with Gasteiger partial charge in [-0.2, -0.15) is 0 Å². The molecule has 0 heterocycles. The molecule has 0 radical (unpaired) electrons. The Kier molecular flexibility index (Phi) is 9.32. The summed E-state index contributed by atoms with van der Waals surface area (Å²) in [6.45, 7) is 0. The predicted molar refractivity (Wildman–Crippen MR) is 167 cm³/mol. The van der Waals surface area contributed by atoms with Crippen LogP contribution >= 0.6 is 11.6 Å². The Morgan fingerprint density at radius 3 is 1.52 bits per heavy atom. The first-order valence-electron chi connectivity index (χ1n) is 14.1. The number of benzene rings is 4. The van der Waals surface area contributed by atoms with E-state index in [2.05, 4.69) is 10.6 Å². The minimum absolute atomic E-state index is 0.102. The number of fused-ring (bicyclic) bond motifs is 2. The van der Waals surface area contributed by atoms with E-state index in [0.29, 0.717) is 21.8 Å². The number of carbonyl (C=O) groups excluding carboxylic acids is 2. The second-order valence-corrected chi connectivity index (χ2v) is 11.3. The van der Waals surface area contributed by atoms with Crippen molar-refractivity contribution in [2.24, 2.45) is 11.5 Å². The van der Waals surface area contributed by atoms with Gasteiger partial charge in [0.25, 0.3) is 11.8 Å². The van der Waals surface area contributed by atoms with Crippen molar-refractivity contribution >= 4 is 34.8 Å². The number of carbonyl (C=O) groups is 2. The van der Waals surface area contributed by atoms with E-state index in [9.17, 15) is 14.0 Å². The zero-order valence-electron chi connectivity index (χ0n) is 23.2. The molecule has 0 aromatic heterocycles. The first kappa shape index (κ1) is 29.5. The van der Waals surface area contributed by atoms with E-state index < -0.39 is 0 Å². The molecule has 42 heavy (non-hydrogen) atoms. The molecule has 0 saturated heterocycles. The first-order chi connectivity index (χ1) is 20.2. The van der Waals surface area contributed by atoms with Gasteiger partial charge >= 0.3 is 0 Å². The van der Waals surface area contributed by atoms with Crippen molar-refractivity contribution in [2.75, 3.05) is 10.6 Å². The molecule has 0 spiro atoms. The second-order valence-electron chi connectivity index (χ2n) is 10.9. The number of rotatable bonds is 4. The molecular weight excluding hydrogens is 551 g/mol. The maximum absolute atomic E-state index is 12.8. The van der Waals surface area contributed by atoms with Crippen LogP contribution in [0.4, 0.5) is 15.8 Å². The van der Waals surface area contributed by atoms with Gasteiger partial charge in [0, 0.05) is 39.6 Å². The van der Waals surface area contributed by atoms with E-state index in [4.69, 9.17) is 23.1 Å². The van der Waals surface area contributed by atoms with Crippen LogP contribution in [0.2, 0.25) is 5.02 Å². The Morgan fingerprint density at radius 2 is 1.07 bits per heavy atom. The summed E-state index contributed by atoms with van der Waals surface area (Å²) in [5, 5.41) is 6.30. The molecule has 0 fully saturated rings. The standard InChI is InChI=1S/C17H17ClN2O.C17H17FN2O/c2*18-14-4-7-16(8-5-14)20-17(21)13-2-1-12-10-15(19)6-3-11(12)9-13/h2*1-2,4-5,7-9,15H,3,6,10,19H2,(H,20,21). The summed E-state index contributed by atoms with van der Waals surface area (Å²) >= 11 is 5.83. The van der Waals surface area contributed by atoms with Gasteiger partial charge in [0.15, 0.2) is 0 Å². The molecule has 2 aliphatic rings. The molecule has 2 atom stereocenters. The van der Waals surface area contributed by atoms with Crippen LogP contribution in [0, 0.1) is 5.82 Å². The largest absolute Gasteiger partial charge is 0.327 e. The second kappa shape index (κ2) is 13.3. The molecule has 2 aliphatic carbocycles. The molecule has 4 aromatic carbocycles. The summed E-state index contributed by atoms with van der Waals surface area (Å²) in [4.78, 5) is 24.5. The lowest BCUT2D eigenvalue weighted by atomic mass is 9.87. The summed E-state index contributed by atoms with van der Waals surface area (Å²) in [5.41, 5.74) is 19.5. The normalized spacial score (nSPS) is 17.1. The predicted octanol–water partition coefficient (Wildman–Crippen LogP) is 6.30. The number of hydrogen-bond acceptors (Lipinski definition) is 4. The van der Waals surface area contributed by atoms with Gasteiger partial charge in [-0.1, -0.05) is 23.7 Å². The highest BCUT2D eigenvalue weighted by atomic mass is 35.5. The lowest BCUT2D eigenvalue weighted by Gasteiger charge is -2.21. The van der Waals surface area contributed by atoms with E-state index in [1.807, 2.05) is 36.4 Å². The van der Waals surface area contributed by atoms with Gasteiger partial charge in [0.1, 0.15) is 5.82 Å². The lowest BCUT2D eigenvalue weighted by Crippen LogP contribution is -2.28.